The molecule has 0 aromatic heterocycles. The van der Waals surface area contributed by atoms with Crippen molar-refractivity contribution in [2.24, 2.45) is 0 Å². The largest absolute Gasteiger partial charge is 0.450 e. The van der Waals surface area contributed by atoms with Crippen molar-refractivity contribution in [1.29, 1.82) is 5.26 Å². The molecule has 2 atom stereocenters. The average Bonchev–Trinajstić information content (AvgIpc) is 2.36. The molecule has 0 spiro atoms. The van der Waals surface area contributed by atoms with Gasteiger partial charge in [0.05, 0.1) is 18.7 Å². The summed E-state index contributed by atoms with van der Waals surface area (Å²) in [6.07, 6.45) is -1.97. The number of nitrogens with zero attached hydrogens (tertiary/aromatic N) is 1. The van der Waals surface area contributed by atoms with E-state index in [1.807, 2.05) is 6.07 Å². The van der Waals surface area contributed by atoms with Crippen LogP contribution < -0.4 is 5.32 Å². The number of ether oxygens (including phenoxy) is 1. The summed E-state index contributed by atoms with van der Waals surface area (Å²) in [7, 11) is 0. The molecule has 0 bridgehead atoms. The number of benzene rings is 1. The van der Waals surface area contributed by atoms with Gasteiger partial charge in [-0.15, -0.1) is 0 Å². The summed E-state index contributed by atoms with van der Waals surface area (Å²) in [5.41, 5.74) is 0.648. The van der Waals surface area contributed by atoms with Crippen molar-refractivity contribution >= 4 is 6.09 Å². The SMILES string of the molecule is CCOC(=O)N[C@@H](c1ccccc1)[C@H](O)C#N. The van der Waals surface area contributed by atoms with Gasteiger partial charge in [0.1, 0.15) is 0 Å². The molecule has 0 heterocycles. The minimum absolute atomic E-state index is 0.232. The number of carbonyl (C=O) groups is 1. The van der Waals surface area contributed by atoms with Crippen LogP contribution in [0.25, 0.3) is 0 Å². The topological polar surface area (TPSA) is 82.3 Å². The van der Waals surface area contributed by atoms with E-state index in [1.54, 1.807) is 37.3 Å². The number of rotatable bonds is 4. The van der Waals surface area contributed by atoms with Gasteiger partial charge in [-0.3, -0.25) is 0 Å². The second kappa shape index (κ2) is 6.51. The van der Waals surface area contributed by atoms with Crippen LogP contribution in [0.3, 0.4) is 0 Å². The third-order valence-electron chi connectivity index (χ3n) is 2.16. The van der Waals surface area contributed by atoms with E-state index < -0.39 is 18.2 Å². The van der Waals surface area contributed by atoms with Crippen molar-refractivity contribution in [3.8, 4) is 6.07 Å². The zero-order valence-electron chi connectivity index (χ0n) is 9.46. The number of hydrogen-bond acceptors (Lipinski definition) is 4. The molecule has 0 saturated heterocycles. The van der Waals surface area contributed by atoms with Crippen LogP contribution >= 0.6 is 0 Å². The summed E-state index contributed by atoms with van der Waals surface area (Å²) in [6, 6.07) is 9.68. The highest BCUT2D eigenvalue weighted by Crippen LogP contribution is 2.16. The first kappa shape index (κ1) is 13.0. The molecule has 1 rings (SSSR count). The Morgan fingerprint density at radius 1 is 1.53 bits per heavy atom. The van der Waals surface area contributed by atoms with Crippen LogP contribution in [0.2, 0.25) is 0 Å². The van der Waals surface area contributed by atoms with Gasteiger partial charge in [0.2, 0.25) is 0 Å². The van der Waals surface area contributed by atoms with Gasteiger partial charge in [-0.1, -0.05) is 30.3 Å². The van der Waals surface area contributed by atoms with E-state index in [4.69, 9.17) is 10.00 Å². The van der Waals surface area contributed by atoms with Crippen LogP contribution in [0, 0.1) is 11.3 Å². The summed E-state index contributed by atoms with van der Waals surface area (Å²) < 4.78 is 4.72. The van der Waals surface area contributed by atoms with Gasteiger partial charge < -0.3 is 15.2 Å². The Morgan fingerprint density at radius 2 is 2.18 bits per heavy atom. The predicted octanol–water partition coefficient (Wildman–Crippen LogP) is 1.36. The standard InChI is InChI=1S/C12H14N2O3/c1-2-17-12(16)14-11(10(15)8-13)9-6-4-3-5-7-9/h3-7,10-11,15H,2H2,1H3,(H,14,16)/t10-,11+/m1/s1. The fourth-order valence-electron chi connectivity index (χ4n) is 1.38. The molecule has 5 nitrogen and oxygen atoms in total. The van der Waals surface area contributed by atoms with Crippen LogP contribution in [0.4, 0.5) is 4.79 Å². The number of hydrogen-bond donors (Lipinski definition) is 2. The number of aliphatic hydroxyl groups excluding tert-OH is 1. The number of alkyl carbamates (subject to hydrolysis) is 1. The lowest BCUT2D eigenvalue weighted by Gasteiger charge is -2.19. The first-order chi connectivity index (χ1) is 8.19. The maximum atomic E-state index is 11.3. The maximum absolute atomic E-state index is 11.3. The third-order valence-corrected chi connectivity index (χ3v) is 2.16. The van der Waals surface area contributed by atoms with E-state index in [2.05, 4.69) is 5.32 Å². The number of nitrogens with one attached hydrogen (secondary N) is 1. The van der Waals surface area contributed by atoms with Gasteiger partial charge in [-0.2, -0.15) is 5.26 Å². The second-order valence-corrected chi connectivity index (χ2v) is 3.33. The van der Waals surface area contributed by atoms with Crippen LogP contribution in [0.1, 0.15) is 18.5 Å². The Labute approximate surface area is 99.6 Å². The summed E-state index contributed by atoms with van der Waals surface area (Å²) in [5, 5.41) is 20.7. The van der Waals surface area contributed by atoms with Crippen molar-refractivity contribution in [3.05, 3.63) is 35.9 Å². The van der Waals surface area contributed by atoms with Crippen molar-refractivity contribution in [2.45, 2.75) is 19.1 Å². The zero-order valence-corrected chi connectivity index (χ0v) is 9.46. The normalized spacial score (nSPS) is 13.2. The smallest absolute Gasteiger partial charge is 0.407 e. The fraction of sp³-hybridized carbons (Fsp3) is 0.333. The Bertz CT molecular complexity index is 400. The van der Waals surface area contributed by atoms with Crippen LogP contribution in [0.5, 0.6) is 0 Å². The van der Waals surface area contributed by atoms with Crippen molar-refractivity contribution in [3.63, 3.8) is 0 Å². The Balaban J connectivity index is 2.83. The van der Waals surface area contributed by atoms with Crippen molar-refractivity contribution in [2.75, 3.05) is 6.61 Å². The quantitative estimate of drug-likeness (QED) is 0.770. The maximum Gasteiger partial charge on any atom is 0.407 e. The molecule has 0 radical (unpaired) electrons. The average molecular weight is 234 g/mol. The molecule has 17 heavy (non-hydrogen) atoms. The molecular formula is C12H14N2O3. The third kappa shape index (κ3) is 3.78. The van der Waals surface area contributed by atoms with E-state index in [9.17, 15) is 9.90 Å². The van der Waals surface area contributed by atoms with E-state index in [-0.39, 0.29) is 6.61 Å². The molecule has 0 aliphatic rings. The zero-order chi connectivity index (χ0) is 12.7. The Kier molecular flexibility index (Phi) is 4.98. The molecule has 0 aliphatic carbocycles. The Hall–Kier alpha value is -2.06. The second-order valence-electron chi connectivity index (χ2n) is 3.33. The molecule has 0 fully saturated rings. The first-order valence-corrected chi connectivity index (χ1v) is 5.25. The molecule has 90 valence electrons. The predicted molar refractivity (Wildman–Crippen MR) is 61.0 cm³/mol. The molecular weight excluding hydrogens is 220 g/mol. The molecule has 1 aromatic rings. The van der Waals surface area contributed by atoms with Gasteiger partial charge >= 0.3 is 6.09 Å². The van der Waals surface area contributed by atoms with Crippen molar-refractivity contribution in [1.82, 2.24) is 5.32 Å². The highest BCUT2D eigenvalue weighted by atomic mass is 16.5. The van der Waals surface area contributed by atoms with Crippen LogP contribution in [-0.4, -0.2) is 23.9 Å². The summed E-state index contributed by atoms with van der Waals surface area (Å²) in [5.74, 6) is 0. The summed E-state index contributed by atoms with van der Waals surface area (Å²) in [4.78, 5) is 11.3. The van der Waals surface area contributed by atoms with Gasteiger partial charge in [-0.05, 0) is 12.5 Å². The first-order valence-electron chi connectivity index (χ1n) is 5.25. The highest BCUT2D eigenvalue weighted by molar-refractivity contribution is 5.68. The molecule has 1 amide bonds. The Morgan fingerprint density at radius 3 is 2.71 bits per heavy atom. The van der Waals surface area contributed by atoms with E-state index in [0.29, 0.717) is 5.56 Å². The highest BCUT2D eigenvalue weighted by Gasteiger charge is 2.23. The lowest BCUT2D eigenvalue weighted by atomic mass is 10.0. The molecule has 0 saturated carbocycles. The van der Waals surface area contributed by atoms with Gasteiger partial charge in [-0.25, -0.2) is 4.79 Å². The van der Waals surface area contributed by atoms with Crippen LogP contribution in [0.15, 0.2) is 30.3 Å². The number of carbonyl (C=O) groups excluding carboxylic acids is 1. The van der Waals surface area contributed by atoms with E-state index in [1.165, 1.54) is 0 Å². The molecule has 0 aliphatic heterocycles. The molecule has 5 heteroatoms. The minimum atomic E-state index is -1.32. The fourth-order valence-corrected chi connectivity index (χ4v) is 1.38. The van der Waals surface area contributed by atoms with Gasteiger partial charge in [0.25, 0.3) is 0 Å². The number of nitriles is 1. The summed E-state index contributed by atoms with van der Waals surface area (Å²) in [6.45, 7) is 1.91. The van der Waals surface area contributed by atoms with Gasteiger partial charge in [0, 0.05) is 0 Å². The van der Waals surface area contributed by atoms with Gasteiger partial charge in [0.15, 0.2) is 6.10 Å². The molecule has 2 N–H and O–H groups in total. The monoisotopic (exact) mass is 234 g/mol. The van der Waals surface area contributed by atoms with E-state index >= 15 is 0 Å². The lowest BCUT2D eigenvalue weighted by molar-refractivity contribution is 0.129. The lowest BCUT2D eigenvalue weighted by Crippen LogP contribution is -2.36. The molecule has 1 aromatic carbocycles. The number of aliphatic hydroxyl groups is 1. The summed E-state index contributed by atoms with van der Waals surface area (Å²) >= 11 is 0. The van der Waals surface area contributed by atoms with Crippen molar-refractivity contribution < 1.29 is 14.6 Å². The minimum Gasteiger partial charge on any atom is -0.450 e. The van der Waals surface area contributed by atoms with E-state index in [0.717, 1.165) is 0 Å². The molecule has 0 unspecified atom stereocenters. The van der Waals surface area contributed by atoms with Crippen LogP contribution in [-0.2, 0) is 4.74 Å². The number of amides is 1.